The summed E-state index contributed by atoms with van der Waals surface area (Å²) >= 11 is 0. The molecule has 0 saturated carbocycles. The molecule has 0 aliphatic carbocycles. The summed E-state index contributed by atoms with van der Waals surface area (Å²) < 4.78 is 11.3. The molecule has 6 heteroatoms. The van der Waals surface area contributed by atoms with E-state index in [0.717, 1.165) is 12.0 Å². The molecular formula is C25H23NO5. The molecule has 0 radical (unpaired) electrons. The number of benzene rings is 2. The zero-order chi connectivity index (χ0) is 22.0. The van der Waals surface area contributed by atoms with Crippen LogP contribution in [0.25, 0.3) is 5.76 Å². The standard InChI is InChI=1S/C25H23NO5/c1-3-13-30-19-7-4-6-18(15-19)26-22(20-8-5-14-31-20)21(24(28)25(26)29)23(27)17-11-9-16(2)10-12-17/h4-12,14-15,22,27H,3,13H2,1-2H3/b23-21-. The maximum atomic E-state index is 13.1. The number of aryl methyl sites for hydroxylation is 1. The van der Waals surface area contributed by atoms with Crippen molar-refractivity contribution in [2.24, 2.45) is 0 Å². The summed E-state index contributed by atoms with van der Waals surface area (Å²) in [5, 5.41) is 11.0. The maximum absolute atomic E-state index is 13.1. The normalized spacial score (nSPS) is 17.9. The fourth-order valence-corrected chi connectivity index (χ4v) is 3.62. The van der Waals surface area contributed by atoms with Gasteiger partial charge in [0.2, 0.25) is 0 Å². The van der Waals surface area contributed by atoms with E-state index in [0.29, 0.717) is 29.4 Å². The number of aliphatic hydroxyl groups excluding tert-OH is 1. The smallest absolute Gasteiger partial charge is 0.300 e. The number of furan rings is 1. The van der Waals surface area contributed by atoms with Crippen LogP contribution in [-0.4, -0.2) is 23.4 Å². The second kappa shape index (κ2) is 8.52. The molecule has 1 amide bonds. The van der Waals surface area contributed by atoms with E-state index in [4.69, 9.17) is 9.15 Å². The second-order valence-electron chi connectivity index (χ2n) is 7.40. The van der Waals surface area contributed by atoms with Gasteiger partial charge in [-0.15, -0.1) is 0 Å². The minimum Gasteiger partial charge on any atom is -0.507 e. The number of carbonyl (C=O) groups excluding carboxylic acids is 2. The van der Waals surface area contributed by atoms with Crippen molar-refractivity contribution in [3.8, 4) is 5.75 Å². The number of amides is 1. The summed E-state index contributed by atoms with van der Waals surface area (Å²) in [4.78, 5) is 27.5. The molecule has 1 atom stereocenters. The first kappa shape index (κ1) is 20.5. The number of hydrogen-bond donors (Lipinski definition) is 1. The largest absolute Gasteiger partial charge is 0.507 e. The second-order valence-corrected chi connectivity index (χ2v) is 7.40. The molecular weight excluding hydrogens is 394 g/mol. The van der Waals surface area contributed by atoms with Crippen LogP contribution < -0.4 is 9.64 Å². The third-order valence-electron chi connectivity index (χ3n) is 5.15. The van der Waals surface area contributed by atoms with E-state index in [1.807, 2.05) is 26.0 Å². The summed E-state index contributed by atoms with van der Waals surface area (Å²) in [5.41, 5.74) is 1.95. The quantitative estimate of drug-likeness (QED) is 0.347. The van der Waals surface area contributed by atoms with E-state index >= 15 is 0 Å². The molecule has 6 nitrogen and oxygen atoms in total. The van der Waals surface area contributed by atoms with Crippen LogP contribution in [0.5, 0.6) is 5.75 Å². The van der Waals surface area contributed by atoms with E-state index in [1.54, 1.807) is 48.5 Å². The average Bonchev–Trinajstić information content (AvgIpc) is 3.39. The summed E-state index contributed by atoms with van der Waals surface area (Å²) in [6.07, 6.45) is 2.32. The van der Waals surface area contributed by atoms with Crippen LogP contribution in [0.2, 0.25) is 0 Å². The van der Waals surface area contributed by atoms with Gasteiger partial charge in [0.25, 0.3) is 11.7 Å². The SMILES string of the molecule is CCCOc1cccc(N2C(=O)C(=O)/C(=C(\O)c3ccc(C)cc3)C2c2ccco2)c1. The van der Waals surface area contributed by atoms with Gasteiger partial charge in [0.1, 0.15) is 23.3 Å². The van der Waals surface area contributed by atoms with E-state index < -0.39 is 17.7 Å². The highest BCUT2D eigenvalue weighted by Gasteiger charge is 2.48. The van der Waals surface area contributed by atoms with Crippen LogP contribution in [0.3, 0.4) is 0 Å². The van der Waals surface area contributed by atoms with Crippen molar-refractivity contribution in [1.29, 1.82) is 0 Å². The van der Waals surface area contributed by atoms with E-state index in [9.17, 15) is 14.7 Å². The lowest BCUT2D eigenvalue weighted by Crippen LogP contribution is -2.29. The van der Waals surface area contributed by atoms with E-state index in [1.165, 1.54) is 11.2 Å². The zero-order valence-electron chi connectivity index (χ0n) is 17.4. The molecule has 0 spiro atoms. The van der Waals surface area contributed by atoms with Crippen molar-refractivity contribution in [3.05, 3.63) is 89.4 Å². The lowest BCUT2D eigenvalue weighted by Gasteiger charge is -2.23. The predicted octanol–water partition coefficient (Wildman–Crippen LogP) is 5.00. The first-order chi connectivity index (χ1) is 15.0. The van der Waals surface area contributed by atoms with Gasteiger partial charge in [-0.3, -0.25) is 14.5 Å². The molecule has 1 fully saturated rings. The summed E-state index contributed by atoms with van der Waals surface area (Å²) in [7, 11) is 0. The molecule has 1 saturated heterocycles. The highest BCUT2D eigenvalue weighted by atomic mass is 16.5. The maximum Gasteiger partial charge on any atom is 0.300 e. The van der Waals surface area contributed by atoms with Crippen LogP contribution in [0.15, 0.2) is 76.9 Å². The van der Waals surface area contributed by atoms with Gasteiger partial charge in [-0.2, -0.15) is 0 Å². The number of carbonyl (C=O) groups is 2. The molecule has 2 heterocycles. The molecule has 1 N–H and O–H groups in total. The Bertz CT molecular complexity index is 1130. The number of ketones is 1. The van der Waals surface area contributed by atoms with Crippen molar-refractivity contribution < 1.29 is 23.8 Å². The topological polar surface area (TPSA) is 80.0 Å². The van der Waals surface area contributed by atoms with Crippen LogP contribution in [0.4, 0.5) is 5.69 Å². The van der Waals surface area contributed by atoms with Crippen molar-refractivity contribution in [2.75, 3.05) is 11.5 Å². The van der Waals surface area contributed by atoms with Crippen LogP contribution in [-0.2, 0) is 9.59 Å². The van der Waals surface area contributed by atoms with Gasteiger partial charge in [0, 0.05) is 17.3 Å². The lowest BCUT2D eigenvalue weighted by atomic mass is 9.98. The number of rotatable bonds is 6. The number of aliphatic hydroxyl groups is 1. The molecule has 2 aromatic carbocycles. The number of Topliss-reactive ketones (excluding diaryl/α,β-unsaturated/α-hetero) is 1. The number of ether oxygens (including phenoxy) is 1. The Kier molecular flexibility index (Phi) is 5.62. The minimum absolute atomic E-state index is 0.0105. The minimum atomic E-state index is -0.891. The zero-order valence-corrected chi connectivity index (χ0v) is 17.4. The number of hydrogen-bond acceptors (Lipinski definition) is 5. The van der Waals surface area contributed by atoms with Gasteiger partial charge in [0.15, 0.2) is 0 Å². The Morgan fingerprint density at radius 3 is 2.55 bits per heavy atom. The first-order valence-corrected chi connectivity index (χ1v) is 10.2. The molecule has 1 aromatic heterocycles. The van der Waals surface area contributed by atoms with E-state index in [2.05, 4.69) is 0 Å². The van der Waals surface area contributed by atoms with Crippen LogP contribution in [0.1, 0.15) is 36.3 Å². The summed E-state index contributed by atoms with van der Waals surface area (Å²) in [6, 6.07) is 16.6. The van der Waals surface area contributed by atoms with Gasteiger partial charge < -0.3 is 14.3 Å². The third-order valence-corrected chi connectivity index (χ3v) is 5.15. The Morgan fingerprint density at radius 2 is 1.87 bits per heavy atom. The van der Waals surface area contributed by atoms with Crippen LogP contribution in [0, 0.1) is 6.92 Å². The summed E-state index contributed by atoms with van der Waals surface area (Å²) in [5.74, 6) is -0.756. The van der Waals surface area contributed by atoms with Crippen molar-refractivity contribution in [1.82, 2.24) is 0 Å². The highest BCUT2D eigenvalue weighted by molar-refractivity contribution is 6.51. The van der Waals surface area contributed by atoms with Crippen molar-refractivity contribution in [3.63, 3.8) is 0 Å². The predicted molar refractivity (Wildman–Crippen MR) is 117 cm³/mol. The van der Waals surface area contributed by atoms with Crippen molar-refractivity contribution >= 4 is 23.1 Å². The molecule has 4 rings (SSSR count). The van der Waals surface area contributed by atoms with Crippen molar-refractivity contribution in [2.45, 2.75) is 26.3 Å². The molecule has 3 aromatic rings. The summed E-state index contributed by atoms with van der Waals surface area (Å²) in [6.45, 7) is 4.47. The molecule has 1 aliphatic rings. The Hall–Kier alpha value is -3.80. The Balaban J connectivity index is 1.85. The Morgan fingerprint density at radius 1 is 1.10 bits per heavy atom. The van der Waals surface area contributed by atoms with Crippen LogP contribution >= 0.6 is 0 Å². The van der Waals surface area contributed by atoms with Gasteiger partial charge >= 0.3 is 0 Å². The highest BCUT2D eigenvalue weighted by Crippen LogP contribution is 2.42. The molecule has 31 heavy (non-hydrogen) atoms. The average molecular weight is 417 g/mol. The fraction of sp³-hybridized carbons (Fsp3) is 0.200. The van der Waals surface area contributed by atoms with Gasteiger partial charge in [-0.05, 0) is 37.6 Å². The monoisotopic (exact) mass is 417 g/mol. The molecule has 0 bridgehead atoms. The van der Waals surface area contributed by atoms with E-state index in [-0.39, 0.29) is 11.3 Å². The fourth-order valence-electron chi connectivity index (χ4n) is 3.62. The molecule has 158 valence electrons. The van der Waals surface area contributed by atoms with Gasteiger partial charge in [-0.1, -0.05) is 42.8 Å². The third kappa shape index (κ3) is 3.84. The molecule has 1 unspecified atom stereocenters. The number of anilines is 1. The lowest BCUT2D eigenvalue weighted by molar-refractivity contribution is -0.132. The van der Waals surface area contributed by atoms with Gasteiger partial charge in [-0.25, -0.2) is 0 Å². The first-order valence-electron chi connectivity index (χ1n) is 10.2. The molecule has 1 aliphatic heterocycles. The Labute approximate surface area is 180 Å². The number of nitrogens with zero attached hydrogens (tertiary/aromatic N) is 1. The van der Waals surface area contributed by atoms with Gasteiger partial charge in [0.05, 0.1) is 18.4 Å².